The number of amides is 1. The first-order valence-electron chi connectivity index (χ1n) is 9.93. The van der Waals surface area contributed by atoms with Crippen LogP contribution >= 0.6 is 10.6 Å². The zero-order chi connectivity index (χ0) is 20.9. The lowest BCUT2D eigenvalue weighted by Crippen LogP contribution is -2.52. The van der Waals surface area contributed by atoms with Gasteiger partial charge in [-0.25, -0.2) is 13.9 Å². The van der Waals surface area contributed by atoms with Gasteiger partial charge >= 0.3 is 6.09 Å². The van der Waals surface area contributed by atoms with Gasteiger partial charge in [-0.05, 0) is 31.0 Å². The number of rotatable bonds is 4. The average Bonchev–Trinajstić information content (AvgIpc) is 3.31. The first kappa shape index (κ1) is 19.6. The van der Waals surface area contributed by atoms with Gasteiger partial charge in [-0.3, -0.25) is 14.0 Å². The number of halogens is 1. The van der Waals surface area contributed by atoms with Crippen molar-refractivity contribution in [1.29, 1.82) is 0 Å². The van der Waals surface area contributed by atoms with E-state index < -0.39 is 16.7 Å². The van der Waals surface area contributed by atoms with E-state index in [9.17, 15) is 18.3 Å². The monoisotopic (exact) mass is 437 g/mol. The molecular weight excluding hydrogens is 413 g/mol. The number of benzene rings is 1. The maximum atomic E-state index is 14.9. The molecule has 1 atom stereocenters. The van der Waals surface area contributed by atoms with Crippen molar-refractivity contribution >= 4 is 28.1 Å². The van der Waals surface area contributed by atoms with Crippen LogP contribution in [0.15, 0.2) is 30.6 Å². The van der Waals surface area contributed by atoms with Crippen LogP contribution < -0.4 is 9.80 Å². The SMILES string of the molecule is O=C1O[C@@H](Cn2ccnn2)CN1c1ccc(N2CCC3(CC2)CS(O)(O)C3)c(F)c1. The number of ether oxygens (including phenoxy) is 1. The van der Waals surface area contributed by atoms with Crippen LogP contribution in [-0.4, -0.2) is 67.4 Å². The minimum Gasteiger partial charge on any atom is -0.442 e. The summed E-state index contributed by atoms with van der Waals surface area (Å²) in [4.78, 5) is 15.7. The number of hydrogen-bond acceptors (Lipinski definition) is 7. The Morgan fingerprint density at radius 1 is 1.27 bits per heavy atom. The van der Waals surface area contributed by atoms with E-state index in [0.717, 1.165) is 12.8 Å². The summed E-state index contributed by atoms with van der Waals surface area (Å²) in [6, 6.07) is 4.82. The molecule has 2 N–H and O–H groups in total. The number of aromatic nitrogens is 3. The van der Waals surface area contributed by atoms with Crippen molar-refractivity contribution in [2.45, 2.75) is 25.5 Å². The highest BCUT2D eigenvalue weighted by molar-refractivity contribution is 8.25. The van der Waals surface area contributed by atoms with E-state index >= 15 is 0 Å². The average molecular weight is 437 g/mol. The molecule has 1 spiro atoms. The van der Waals surface area contributed by atoms with Gasteiger partial charge in [-0.1, -0.05) is 5.21 Å². The van der Waals surface area contributed by atoms with E-state index in [2.05, 4.69) is 10.3 Å². The summed E-state index contributed by atoms with van der Waals surface area (Å²) < 4.78 is 41.3. The topological polar surface area (TPSA) is 104 Å². The molecule has 0 aliphatic carbocycles. The highest BCUT2D eigenvalue weighted by atomic mass is 32.3. The van der Waals surface area contributed by atoms with Gasteiger partial charge in [-0.15, -0.1) is 5.10 Å². The minimum absolute atomic E-state index is 0.00413. The molecule has 4 heterocycles. The van der Waals surface area contributed by atoms with Crippen LogP contribution in [0.4, 0.5) is 20.6 Å². The van der Waals surface area contributed by atoms with Gasteiger partial charge in [0.05, 0.1) is 30.7 Å². The van der Waals surface area contributed by atoms with Gasteiger partial charge in [0.1, 0.15) is 11.9 Å². The molecule has 3 aliphatic rings. The van der Waals surface area contributed by atoms with Crippen molar-refractivity contribution < 1.29 is 23.0 Å². The number of nitrogens with zero attached hydrogens (tertiary/aromatic N) is 5. The number of cyclic esters (lactones) is 1. The molecule has 5 rings (SSSR count). The second kappa shape index (κ2) is 7.10. The summed E-state index contributed by atoms with van der Waals surface area (Å²) in [5, 5.41) is 7.61. The second-order valence-electron chi connectivity index (χ2n) is 8.46. The Bertz CT molecular complexity index is 938. The molecular formula is C19H24FN5O4S. The van der Waals surface area contributed by atoms with Gasteiger partial charge in [0.2, 0.25) is 0 Å². The summed E-state index contributed by atoms with van der Waals surface area (Å²) in [6.45, 7) is 2.06. The molecule has 1 aromatic carbocycles. The predicted octanol–water partition coefficient (Wildman–Crippen LogP) is 2.79. The zero-order valence-corrected chi connectivity index (χ0v) is 17.2. The van der Waals surface area contributed by atoms with Gasteiger partial charge in [0.15, 0.2) is 0 Å². The van der Waals surface area contributed by atoms with Gasteiger partial charge in [0.25, 0.3) is 0 Å². The minimum atomic E-state index is -2.37. The van der Waals surface area contributed by atoms with Crippen molar-refractivity contribution in [3.05, 3.63) is 36.4 Å². The molecule has 2 aromatic rings. The number of carbonyl (C=O) groups excluding carboxylic acids is 1. The number of anilines is 2. The maximum absolute atomic E-state index is 14.9. The van der Waals surface area contributed by atoms with Gasteiger partial charge in [-0.2, -0.15) is 10.6 Å². The van der Waals surface area contributed by atoms with Crippen LogP contribution in [0.25, 0.3) is 0 Å². The summed E-state index contributed by atoms with van der Waals surface area (Å²) in [6.07, 6.45) is 4.02. The molecule has 162 valence electrons. The van der Waals surface area contributed by atoms with E-state index in [1.165, 1.54) is 11.0 Å². The molecule has 3 saturated heterocycles. The van der Waals surface area contributed by atoms with Crippen molar-refractivity contribution in [2.75, 3.05) is 40.9 Å². The Kier molecular flexibility index (Phi) is 4.64. The normalized spacial score (nSPS) is 25.8. The Balaban J connectivity index is 1.24. The second-order valence-corrected chi connectivity index (χ2v) is 10.6. The van der Waals surface area contributed by atoms with Crippen LogP contribution in [0.2, 0.25) is 0 Å². The number of piperidine rings is 1. The molecule has 1 amide bonds. The largest absolute Gasteiger partial charge is 0.442 e. The molecule has 3 aliphatic heterocycles. The molecule has 11 heteroatoms. The molecule has 0 radical (unpaired) electrons. The quantitative estimate of drug-likeness (QED) is 0.758. The first-order chi connectivity index (χ1) is 14.3. The smallest absolute Gasteiger partial charge is 0.414 e. The van der Waals surface area contributed by atoms with Gasteiger partial charge < -0.3 is 9.64 Å². The van der Waals surface area contributed by atoms with Crippen LogP contribution in [0.1, 0.15) is 12.8 Å². The molecule has 0 saturated carbocycles. The lowest BCUT2D eigenvalue weighted by atomic mass is 9.81. The van der Waals surface area contributed by atoms with E-state index in [4.69, 9.17) is 4.74 Å². The Morgan fingerprint density at radius 2 is 2.03 bits per heavy atom. The van der Waals surface area contributed by atoms with Crippen molar-refractivity contribution in [2.24, 2.45) is 5.41 Å². The maximum Gasteiger partial charge on any atom is 0.414 e. The lowest BCUT2D eigenvalue weighted by Gasteiger charge is -2.58. The Hall–Kier alpha value is -2.37. The third-order valence-electron chi connectivity index (χ3n) is 6.22. The fourth-order valence-corrected chi connectivity index (χ4v) is 7.19. The number of carbonyl (C=O) groups is 1. The predicted molar refractivity (Wildman–Crippen MR) is 110 cm³/mol. The Labute approximate surface area is 174 Å². The highest BCUT2D eigenvalue weighted by Crippen LogP contribution is 2.62. The summed E-state index contributed by atoms with van der Waals surface area (Å²) in [7, 11) is -2.37. The Morgan fingerprint density at radius 3 is 2.67 bits per heavy atom. The standard InChI is InChI=1S/C19H24FN5O4S/c20-16-9-14(25-11-15(29-18(25)26)10-24-8-5-21-22-24)1-2-17(16)23-6-3-19(4-7-23)12-30(27,28)13-19/h1-2,5,8-9,15,27-28H,3-4,6-7,10-13H2/t15-/m0/s1. The fraction of sp³-hybridized carbons (Fsp3) is 0.526. The fourth-order valence-electron chi connectivity index (χ4n) is 4.74. The third-order valence-corrected chi connectivity index (χ3v) is 8.37. The van der Waals surface area contributed by atoms with E-state index in [1.54, 1.807) is 29.2 Å². The van der Waals surface area contributed by atoms with Crippen molar-refractivity contribution in [3.8, 4) is 0 Å². The third kappa shape index (κ3) is 3.61. The van der Waals surface area contributed by atoms with E-state index in [-0.39, 0.29) is 17.3 Å². The molecule has 0 bridgehead atoms. The molecule has 30 heavy (non-hydrogen) atoms. The van der Waals surface area contributed by atoms with Crippen LogP contribution in [-0.2, 0) is 11.3 Å². The van der Waals surface area contributed by atoms with Crippen LogP contribution in [0, 0.1) is 11.2 Å². The van der Waals surface area contributed by atoms with Gasteiger partial charge in [0, 0.05) is 36.2 Å². The van der Waals surface area contributed by atoms with Crippen LogP contribution in [0.3, 0.4) is 0 Å². The first-order valence-corrected chi connectivity index (χ1v) is 11.8. The lowest BCUT2D eigenvalue weighted by molar-refractivity contribution is 0.129. The van der Waals surface area contributed by atoms with Crippen molar-refractivity contribution in [1.82, 2.24) is 15.0 Å². The van der Waals surface area contributed by atoms with Crippen molar-refractivity contribution in [3.63, 3.8) is 0 Å². The van der Waals surface area contributed by atoms with Crippen LogP contribution in [0.5, 0.6) is 0 Å². The molecule has 1 aromatic heterocycles. The number of hydrogen-bond donors (Lipinski definition) is 2. The zero-order valence-electron chi connectivity index (χ0n) is 16.4. The summed E-state index contributed by atoms with van der Waals surface area (Å²) >= 11 is 0. The molecule has 9 nitrogen and oxygen atoms in total. The summed E-state index contributed by atoms with van der Waals surface area (Å²) in [5.41, 5.74) is 0.972. The molecule has 3 fully saturated rings. The van der Waals surface area contributed by atoms with E-state index in [0.29, 0.717) is 49.1 Å². The molecule has 0 unspecified atom stereocenters. The summed E-state index contributed by atoms with van der Waals surface area (Å²) in [5.74, 6) is 0.568. The van der Waals surface area contributed by atoms with E-state index in [1.807, 2.05) is 4.90 Å². The highest BCUT2D eigenvalue weighted by Gasteiger charge is 2.49.